The number of morpholine rings is 1. The standard InChI is InChI=1S/C19H20N2O2/c22-19-14-23-18-13-20(11-15-7-3-1-4-8-15)12-17(18)21(19)16-9-5-2-6-10-16/h1-10,17-18H,11-14H2/t17-,18+/m1/s1. The smallest absolute Gasteiger partial charge is 0.253 e. The Morgan fingerprint density at radius 3 is 2.39 bits per heavy atom. The minimum Gasteiger partial charge on any atom is -0.365 e. The summed E-state index contributed by atoms with van der Waals surface area (Å²) < 4.78 is 5.80. The van der Waals surface area contributed by atoms with Crippen molar-refractivity contribution in [3.05, 3.63) is 66.2 Å². The molecule has 2 aromatic carbocycles. The van der Waals surface area contributed by atoms with Crippen LogP contribution in [0.1, 0.15) is 5.56 Å². The van der Waals surface area contributed by atoms with Gasteiger partial charge in [0.05, 0.1) is 12.1 Å². The van der Waals surface area contributed by atoms with Gasteiger partial charge in [0.2, 0.25) is 0 Å². The number of carbonyl (C=O) groups excluding carboxylic acids is 1. The van der Waals surface area contributed by atoms with E-state index in [1.54, 1.807) is 0 Å². The Labute approximate surface area is 136 Å². The fourth-order valence-electron chi connectivity index (χ4n) is 3.57. The first-order chi connectivity index (χ1) is 11.3. The summed E-state index contributed by atoms with van der Waals surface area (Å²) in [5.41, 5.74) is 2.26. The van der Waals surface area contributed by atoms with Crippen LogP contribution in [0.25, 0.3) is 0 Å². The molecule has 1 amide bonds. The molecule has 118 valence electrons. The Morgan fingerprint density at radius 2 is 1.65 bits per heavy atom. The molecule has 23 heavy (non-hydrogen) atoms. The first-order valence-corrected chi connectivity index (χ1v) is 8.06. The highest BCUT2D eigenvalue weighted by atomic mass is 16.5. The SMILES string of the molecule is O=C1CO[C@H]2CN(Cc3ccccc3)C[C@H]2N1c1ccccc1. The van der Waals surface area contributed by atoms with Gasteiger partial charge < -0.3 is 9.64 Å². The first kappa shape index (κ1) is 14.4. The van der Waals surface area contributed by atoms with Crippen LogP contribution in [-0.4, -0.2) is 42.6 Å². The molecule has 4 heteroatoms. The van der Waals surface area contributed by atoms with Crippen LogP contribution in [-0.2, 0) is 16.1 Å². The van der Waals surface area contributed by atoms with Crippen LogP contribution in [0.4, 0.5) is 5.69 Å². The van der Waals surface area contributed by atoms with Gasteiger partial charge in [0.25, 0.3) is 5.91 Å². The normalized spacial score (nSPS) is 24.7. The Bertz CT molecular complexity index is 674. The van der Waals surface area contributed by atoms with E-state index in [1.165, 1.54) is 5.56 Å². The van der Waals surface area contributed by atoms with E-state index in [1.807, 2.05) is 41.3 Å². The molecule has 4 nitrogen and oxygen atoms in total. The molecule has 0 aliphatic carbocycles. The number of hydrogen-bond acceptors (Lipinski definition) is 3. The van der Waals surface area contributed by atoms with Gasteiger partial charge in [-0.2, -0.15) is 0 Å². The molecule has 0 N–H and O–H groups in total. The fourth-order valence-corrected chi connectivity index (χ4v) is 3.57. The molecule has 2 atom stereocenters. The summed E-state index contributed by atoms with van der Waals surface area (Å²) in [6.07, 6.45) is 0.0941. The monoisotopic (exact) mass is 308 g/mol. The molecule has 2 aliphatic rings. The highest BCUT2D eigenvalue weighted by molar-refractivity contribution is 5.95. The number of benzene rings is 2. The molecule has 0 bridgehead atoms. The molecule has 0 spiro atoms. The highest BCUT2D eigenvalue weighted by Gasteiger charge is 2.43. The van der Waals surface area contributed by atoms with Crippen molar-refractivity contribution in [3.63, 3.8) is 0 Å². The average molecular weight is 308 g/mol. The van der Waals surface area contributed by atoms with Crippen LogP contribution in [0, 0.1) is 0 Å². The average Bonchev–Trinajstić information content (AvgIpc) is 2.99. The number of para-hydroxylation sites is 1. The maximum Gasteiger partial charge on any atom is 0.253 e. The third-order valence-electron chi connectivity index (χ3n) is 4.62. The summed E-state index contributed by atoms with van der Waals surface area (Å²) in [7, 11) is 0. The molecule has 2 saturated heterocycles. The zero-order valence-electron chi connectivity index (χ0n) is 13.0. The van der Waals surface area contributed by atoms with Crippen molar-refractivity contribution in [3.8, 4) is 0 Å². The summed E-state index contributed by atoms with van der Waals surface area (Å²) in [6, 6.07) is 20.5. The molecule has 0 saturated carbocycles. The van der Waals surface area contributed by atoms with Crippen LogP contribution < -0.4 is 4.90 Å². The van der Waals surface area contributed by atoms with E-state index < -0.39 is 0 Å². The molecule has 2 aliphatic heterocycles. The molecule has 2 fully saturated rings. The van der Waals surface area contributed by atoms with Crippen LogP contribution in [0.15, 0.2) is 60.7 Å². The number of amides is 1. The Morgan fingerprint density at radius 1 is 0.957 bits per heavy atom. The minimum atomic E-state index is 0.0546. The topological polar surface area (TPSA) is 32.8 Å². The number of anilines is 1. The Balaban J connectivity index is 1.53. The van der Waals surface area contributed by atoms with Gasteiger partial charge in [-0.25, -0.2) is 0 Å². The van der Waals surface area contributed by atoms with Gasteiger partial charge in [0.15, 0.2) is 0 Å². The largest absolute Gasteiger partial charge is 0.365 e. The molecule has 2 aromatic rings. The lowest BCUT2D eigenvalue weighted by Crippen LogP contribution is -2.54. The molecule has 0 unspecified atom stereocenters. The molecule has 2 heterocycles. The molecule has 0 aromatic heterocycles. The fraction of sp³-hybridized carbons (Fsp3) is 0.316. The second-order valence-corrected chi connectivity index (χ2v) is 6.20. The van der Waals surface area contributed by atoms with Crippen molar-refractivity contribution in [1.29, 1.82) is 0 Å². The van der Waals surface area contributed by atoms with E-state index in [0.29, 0.717) is 0 Å². The predicted octanol–water partition coefficient (Wildman–Crippen LogP) is 2.30. The van der Waals surface area contributed by atoms with Gasteiger partial charge in [-0.1, -0.05) is 48.5 Å². The van der Waals surface area contributed by atoms with Crippen molar-refractivity contribution in [2.24, 2.45) is 0 Å². The lowest BCUT2D eigenvalue weighted by atomic mass is 10.1. The van der Waals surface area contributed by atoms with Gasteiger partial charge in [0.1, 0.15) is 6.61 Å². The minimum absolute atomic E-state index is 0.0546. The molecule has 4 rings (SSSR count). The quantitative estimate of drug-likeness (QED) is 0.872. The van der Waals surface area contributed by atoms with Gasteiger partial charge in [-0.3, -0.25) is 9.69 Å². The number of fused-ring (bicyclic) bond motifs is 1. The van der Waals surface area contributed by atoms with Gasteiger partial charge in [-0.05, 0) is 17.7 Å². The Kier molecular flexibility index (Phi) is 3.85. The van der Waals surface area contributed by atoms with Gasteiger partial charge in [-0.15, -0.1) is 0 Å². The van der Waals surface area contributed by atoms with E-state index in [9.17, 15) is 4.79 Å². The summed E-state index contributed by atoms with van der Waals surface area (Å²) in [4.78, 5) is 16.7. The number of ether oxygens (including phenoxy) is 1. The lowest BCUT2D eigenvalue weighted by molar-refractivity contribution is -0.130. The number of nitrogens with zero attached hydrogens (tertiary/aromatic N) is 2. The Hall–Kier alpha value is -2.17. The van der Waals surface area contributed by atoms with Crippen molar-refractivity contribution in [2.45, 2.75) is 18.7 Å². The van der Waals surface area contributed by atoms with Crippen LogP contribution in [0.5, 0.6) is 0 Å². The second-order valence-electron chi connectivity index (χ2n) is 6.20. The summed E-state index contributed by atoms with van der Waals surface area (Å²) in [6.45, 7) is 2.79. The number of rotatable bonds is 3. The van der Waals surface area contributed by atoms with Crippen molar-refractivity contribution >= 4 is 11.6 Å². The molecule has 0 radical (unpaired) electrons. The van der Waals surface area contributed by atoms with E-state index in [-0.39, 0.29) is 24.7 Å². The summed E-state index contributed by atoms with van der Waals surface area (Å²) in [5, 5.41) is 0. The number of carbonyl (C=O) groups is 1. The van der Waals surface area contributed by atoms with Crippen LogP contribution in [0.3, 0.4) is 0 Å². The number of likely N-dealkylation sites (tertiary alicyclic amines) is 1. The summed E-state index contributed by atoms with van der Waals surface area (Å²) >= 11 is 0. The van der Waals surface area contributed by atoms with Crippen LogP contribution >= 0.6 is 0 Å². The van der Waals surface area contributed by atoms with E-state index in [2.05, 4.69) is 29.2 Å². The lowest BCUT2D eigenvalue weighted by Gasteiger charge is -2.36. The molecular formula is C19H20N2O2. The third-order valence-corrected chi connectivity index (χ3v) is 4.62. The maximum atomic E-state index is 12.4. The van der Waals surface area contributed by atoms with Crippen molar-refractivity contribution in [1.82, 2.24) is 4.90 Å². The predicted molar refractivity (Wildman–Crippen MR) is 89.2 cm³/mol. The maximum absolute atomic E-state index is 12.4. The highest BCUT2D eigenvalue weighted by Crippen LogP contribution is 2.29. The first-order valence-electron chi connectivity index (χ1n) is 8.06. The molecular weight excluding hydrogens is 288 g/mol. The van der Waals surface area contributed by atoms with E-state index in [0.717, 1.165) is 25.3 Å². The van der Waals surface area contributed by atoms with Gasteiger partial charge >= 0.3 is 0 Å². The summed E-state index contributed by atoms with van der Waals surface area (Å²) in [5.74, 6) is 0.0546. The second kappa shape index (κ2) is 6.14. The zero-order chi connectivity index (χ0) is 15.6. The third kappa shape index (κ3) is 2.87. The zero-order valence-corrected chi connectivity index (χ0v) is 13.0. The van der Waals surface area contributed by atoms with Crippen LogP contribution in [0.2, 0.25) is 0 Å². The van der Waals surface area contributed by atoms with E-state index >= 15 is 0 Å². The van der Waals surface area contributed by atoms with Crippen molar-refractivity contribution in [2.75, 3.05) is 24.6 Å². The number of hydrogen-bond donors (Lipinski definition) is 0. The van der Waals surface area contributed by atoms with E-state index in [4.69, 9.17) is 4.74 Å². The van der Waals surface area contributed by atoms with Gasteiger partial charge in [0, 0.05) is 25.3 Å². The van der Waals surface area contributed by atoms with Crippen molar-refractivity contribution < 1.29 is 9.53 Å².